The van der Waals surface area contributed by atoms with E-state index in [2.05, 4.69) is 20.5 Å². The van der Waals surface area contributed by atoms with Crippen molar-refractivity contribution < 1.29 is 14.3 Å². The average Bonchev–Trinajstić information content (AvgIpc) is 3.08. The van der Waals surface area contributed by atoms with Crippen LogP contribution in [0.4, 0.5) is 0 Å². The number of carbonyl (C=O) groups is 1. The van der Waals surface area contributed by atoms with Crippen molar-refractivity contribution in [2.24, 2.45) is 0 Å². The molecular formula is C17H19N5O3. The molecular weight excluding hydrogens is 322 g/mol. The second kappa shape index (κ2) is 7.61. The van der Waals surface area contributed by atoms with Crippen LogP contribution in [0.5, 0.6) is 11.6 Å². The van der Waals surface area contributed by atoms with E-state index >= 15 is 0 Å². The molecule has 0 saturated carbocycles. The van der Waals surface area contributed by atoms with Crippen LogP contribution in [0.25, 0.3) is 5.65 Å². The number of aromatic nitrogens is 4. The van der Waals surface area contributed by atoms with Gasteiger partial charge in [-0.05, 0) is 18.1 Å². The lowest BCUT2D eigenvalue weighted by atomic mass is 10.1. The number of hydrogen-bond donors (Lipinski definition) is 1. The van der Waals surface area contributed by atoms with Crippen LogP contribution < -0.4 is 14.8 Å². The highest BCUT2D eigenvalue weighted by Gasteiger charge is 2.12. The minimum absolute atomic E-state index is 0.0660. The summed E-state index contributed by atoms with van der Waals surface area (Å²) in [5.74, 6) is 1.73. The summed E-state index contributed by atoms with van der Waals surface area (Å²) in [4.78, 5) is 16.2. The summed E-state index contributed by atoms with van der Waals surface area (Å²) < 4.78 is 12.2. The van der Waals surface area contributed by atoms with Gasteiger partial charge in [-0.1, -0.05) is 18.2 Å². The van der Waals surface area contributed by atoms with Crippen molar-refractivity contribution in [3.8, 4) is 11.6 Å². The Labute approximate surface area is 144 Å². The molecule has 3 rings (SSSR count). The van der Waals surface area contributed by atoms with Gasteiger partial charge in [-0.3, -0.25) is 9.20 Å². The van der Waals surface area contributed by atoms with Gasteiger partial charge in [0.2, 0.25) is 11.6 Å². The number of fused-ring (bicyclic) bond motifs is 1. The maximum atomic E-state index is 12.1. The number of para-hydroxylation sites is 1. The van der Waals surface area contributed by atoms with E-state index < -0.39 is 0 Å². The van der Waals surface area contributed by atoms with Gasteiger partial charge in [0.05, 0.1) is 20.8 Å². The Morgan fingerprint density at radius 3 is 2.84 bits per heavy atom. The molecule has 1 aromatic carbocycles. The van der Waals surface area contributed by atoms with Gasteiger partial charge in [-0.25, -0.2) is 4.98 Å². The van der Waals surface area contributed by atoms with Crippen molar-refractivity contribution >= 4 is 11.6 Å². The van der Waals surface area contributed by atoms with Gasteiger partial charge < -0.3 is 14.8 Å². The summed E-state index contributed by atoms with van der Waals surface area (Å²) in [5, 5.41) is 11.0. The van der Waals surface area contributed by atoms with Crippen LogP contribution in [-0.4, -0.2) is 39.7 Å². The molecule has 2 heterocycles. The van der Waals surface area contributed by atoms with Crippen molar-refractivity contribution in [2.45, 2.75) is 19.4 Å². The monoisotopic (exact) mass is 341 g/mol. The minimum atomic E-state index is -0.0660. The first-order chi connectivity index (χ1) is 12.2. The molecule has 0 radical (unpaired) electrons. The lowest BCUT2D eigenvalue weighted by Crippen LogP contribution is -2.24. The normalized spacial score (nSPS) is 10.6. The van der Waals surface area contributed by atoms with Crippen molar-refractivity contribution in [1.82, 2.24) is 24.9 Å². The first-order valence-electron chi connectivity index (χ1n) is 7.84. The fraction of sp³-hybridized carbons (Fsp3) is 0.294. The second-order valence-electron chi connectivity index (χ2n) is 5.33. The predicted octanol–water partition coefficient (Wildman–Crippen LogP) is 1.39. The number of benzene rings is 1. The number of ether oxygens (including phenoxy) is 2. The molecule has 1 N–H and O–H groups in total. The second-order valence-corrected chi connectivity index (χ2v) is 5.33. The molecule has 8 heteroatoms. The van der Waals surface area contributed by atoms with Crippen LogP contribution in [0.3, 0.4) is 0 Å². The third-order valence-electron chi connectivity index (χ3n) is 3.82. The molecule has 0 aliphatic rings. The van der Waals surface area contributed by atoms with E-state index in [1.807, 2.05) is 24.3 Å². The highest BCUT2D eigenvalue weighted by Crippen LogP contribution is 2.18. The Morgan fingerprint density at radius 2 is 2.04 bits per heavy atom. The van der Waals surface area contributed by atoms with Gasteiger partial charge in [-0.2, -0.15) is 0 Å². The molecule has 0 atom stereocenters. The first-order valence-corrected chi connectivity index (χ1v) is 7.84. The Balaban J connectivity index is 1.59. The topological polar surface area (TPSA) is 90.6 Å². The molecule has 2 aromatic heterocycles. The van der Waals surface area contributed by atoms with E-state index in [1.54, 1.807) is 23.9 Å². The van der Waals surface area contributed by atoms with Gasteiger partial charge in [0.15, 0.2) is 5.82 Å². The third-order valence-corrected chi connectivity index (χ3v) is 3.82. The summed E-state index contributed by atoms with van der Waals surface area (Å²) >= 11 is 0. The average molecular weight is 341 g/mol. The standard InChI is InChI=1S/C17H19N5O3/c1-24-13-6-4-3-5-12(13)7-8-15(23)19-11-14-20-21-16-17(25-2)18-9-10-22(14)16/h3-6,9-10H,7-8,11H2,1-2H3,(H,19,23). The Morgan fingerprint density at radius 1 is 1.20 bits per heavy atom. The SMILES string of the molecule is COc1ccccc1CCC(=O)NCc1nnc2c(OC)nccn12. The molecule has 1 amide bonds. The molecule has 0 unspecified atom stereocenters. The van der Waals surface area contributed by atoms with Crippen LogP contribution in [-0.2, 0) is 17.8 Å². The quantitative estimate of drug-likeness (QED) is 0.698. The van der Waals surface area contributed by atoms with Crippen LogP contribution in [0.1, 0.15) is 17.8 Å². The molecule has 0 spiro atoms. The number of hydrogen-bond acceptors (Lipinski definition) is 6. The lowest BCUT2D eigenvalue weighted by Gasteiger charge is -2.08. The predicted molar refractivity (Wildman–Crippen MR) is 90.5 cm³/mol. The molecule has 25 heavy (non-hydrogen) atoms. The van der Waals surface area contributed by atoms with E-state index in [-0.39, 0.29) is 12.5 Å². The van der Waals surface area contributed by atoms with Gasteiger partial charge in [0, 0.05) is 18.8 Å². The number of nitrogens with one attached hydrogen (secondary N) is 1. The summed E-state index contributed by atoms with van der Waals surface area (Å²) in [7, 11) is 3.15. The van der Waals surface area contributed by atoms with Gasteiger partial charge >= 0.3 is 0 Å². The smallest absolute Gasteiger partial charge is 0.260 e. The third kappa shape index (κ3) is 3.68. The molecule has 0 bridgehead atoms. The van der Waals surface area contributed by atoms with Gasteiger partial charge in [0.25, 0.3) is 5.88 Å². The number of amides is 1. The van der Waals surface area contributed by atoms with Crippen LogP contribution in [0.2, 0.25) is 0 Å². The van der Waals surface area contributed by atoms with E-state index in [4.69, 9.17) is 9.47 Å². The Bertz CT molecular complexity index is 878. The number of carbonyl (C=O) groups excluding carboxylic acids is 1. The number of nitrogens with zero attached hydrogens (tertiary/aromatic N) is 4. The van der Waals surface area contributed by atoms with Gasteiger partial charge in [0.1, 0.15) is 5.75 Å². The Hall–Kier alpha value is -3.16. The molecule has 8 nitrogen and oxygen atoms in total. The van der Waals surface area contributed by atoms with E-state index in [9.17, 15) is 4.79 Å². The molecule has 3 aromatic rings. The molecule has 0 aliphatic heterocycles. The number of rotatable bonds is 7. The summed E-state index contributed by atoms with van der Waals surface area (Å²) in [5.41, 5.74) is 1.52. The van der Waals surface area contributed by atoms with Crippen molar-refractivity contribution in [1.29, 1.82) is 0 Å². The maximum Gasteiger partial charge on any atom is 0.260 e. The fourth-order valence-electron chi connectivity index (χ4n) is 2.54. The number of aryl methyl sites for hydroxylation is 1. The maximum absolute atomic E-state index is 12.1. The zero-order chi connectivity index (χ0) is 17.6. The minimum Gasteiger partial charge on any atom is -0.496 e. The number of methoxy groups -OCH3 is 2. The first kappa shape index (κ1) is 16.7. The van der Waals surface area contributed by atoms with Crippen molar-refractivity contribution in [3.63, 3.8) is 0 Å². The molecule has 0 saturated heterocycles. The highest BCUT2D eigenvalue weighted by atomic mass is 16.5. The van der Waals surface area contributed by atoms with E-state index in [0.717, 1.165) is 11.3 Å². The molecule has 0 fully saturated rings. The largest absolute Gasteiger partial charge is 0.496 e. The van der Waals surface area contributed by atoms with Crippen LogP contribution in [0, 0.1) is 0 Å². The molecule has 130 valence electrons. The highest BCUT2D eigenvalue weighted by molar-refractivity contribution is 5.76. The van der Waals surface area contributed by atoms with E-state index in [1.165, 1.54) is 7.11 Å². The van der Waals surface area contributed by atoms with E-state index in [0.29, 0.717) is 30.2 Å². The fourth-order valence-corrected chi connectivity index (χ4v) is 2.54. The lowest BCUT2D eigenvalue weighted by molar-refractivity contribution is -0.121. The zero-order valence-corrected chi connectivity index (χ0v) is 14.1. The van der Waals surface area contributed by atoms with Gasteiger partial charge in [-0.15, -0.1) is 10.2 Å². The van der Waals surface area contributed by atoms with Crippen molar-refractivity contribution in [2.75, 3.05) is 14.2 Å². The summed E-state index contributed by atoms with van der Waals surface area (Å²) in [6.07, 6.45) is 4.30. The zero-order valence-electron chi connectivity index (χ0n) is 14.1. The van der Waals surface area contributed by atoms with Crippen molar-refractivity contribution in [3.05, 3.63) is 48.0 Å². The Kier molecular flexibility index (Phi) is 5.08. The summed E-state index contributed by atoms with van der Waals surface area (Å²) in [6, 6.07) is 7.68. The summed E-state index contributed by atoms with van der Waals surface area (Å²) in [6.45, 7) is 0.277. The van der Waals surface area contributed by atoms with Crippen LogP contribution >= 0.6 is 0 Å². The van der Waals surface area contributed by atoms with Crippen LogP contribution in [0.15, 0.2) is 36.7 Å². The molecule has 0 aliphatic carbocycles.